The summed E-state index contributed by atoms with van der Waals surface area (Å²) >= 11 is 0. The average molecular weight is 255 g/mol. The fourth-order valence-corrected chi connectivity index (χ4v) is 2.20. The number of nitrogens with zero attached hydrogens (tertiary/aromatic N) is 1. The Hall–Kier alpha value is -1.10. The second-order valence-electron chi connectivity index (χ2n) is 4.81. The summed E-state index contributed by atoms with van der Waals surface area (Å²) in [7, 11) is 0. The maximum absolute atomic E-state index is 11.3. The number of hydrogen-bond acceptors (Lipinski definition) is 5. The summed E-state index contributed by atoms with van der Waals surface area (Å²) in [6.07, 6.45) is 6.82. The Kier molecular flexibility index (Phi) is 6.72. The molecule has 2 atom stereocenters. The van der Waals surface area contributed by atoms with Crippen molar-refractivity contribution >= 4 is 11.8 Å². The van der Waals surface area contributed by atoms with Gasteiger partial charge in [0.05, 0.1) is 18.5 Å². The summed E-state index contributed by atoms with van der Waals surface area (Å²) in [5.41, 5.74) is 11.5. The van der Waals surface area contributed by atoms with Crippen molar-refractivity contribution in [2.24, 2.45) is 16.5 Å². The number of hydrogen-bond donors (Lipinski definition) is 2. The van der Waals surface area contributed by atoms with Crippen LogP contribution >= 0.6 is 0 Å². The predicted octanol–water partition coefficient (Wildman–Crippen LogP) is 1.35. The maximum atomic E-state index is 11.3. The van der Waals surface area contributed by atoms with Gasteiger partial charge in [-0.3, -0.25) is 9.79 Å². The molecule has 0 aromatic heterocycles. The zero-order chi connectivity index (χ0) is 13.4. The minimum Gasteiger partial charge on any atom is -0.465 e. The zero-order valence-corrected chi connectivity index (χ0v) is 11.2. The molecule has 4 N–H and O–H groups in total. The molecule has 0 bridgehead atoms. The largest absolute Gasteiger partial charge is 0.465 e. The van der Waals surface area contributed by atoms with E-state index in [1.807, 2.05) is 0 Å². The molecular weight excluding hydrogens is 230 g/mol. The first-order chi connectivity index (χ1) is 8.63. The molecular formula is C13H25N3O2. The summed E-state index contributed by atoms with van der Waals surface area (Å²) < 4.78 is 4.87. The lowest BCUT2D eigenvalue weighted by Crippen LogP contribution is -2.32. The molecule has 5 heteroatoms. The second kappa shape index (κ2) is 8.08. The van der Waals surface area contributed by atoms with Gasteiger partial charge in [0.2, 0.25) is 0 Å². The highest BCUT2D eigenvalue weighted by atomic mass is 16.5. The van der Waals surface area contributed by atoms with Crippen LogP contribution < -0.4 is 11.5 Å². The van der Waals surface area contributed by atoms with Gasteiger partial charge in [-0.2, -0.15) is 0 Å². The number of rotatable bonds is 6. The number of carbonyl (C=O) groups excluding carboxylic acids is 1. The fourth-order valence-electron chi connectivity index (χ4n) is 2.20. The molecule has 104 valence electrons. The van der Waals surface area contributed by atoms with Crippen LogP contribution in [0.3, 0.4) is 0 Å². The van der Waals surface area contributed by atoms with Crippen LogP contribution in [0.5, 0.6) is 0 Å². The molecule has 18 heavy (non-hydrogen) atoms. The lowest BCUT2D eigenvalue weighted by atomic mass is 10.0. The van der Waals surface area contributed by atoms with Crippen molar-refractivity contribution in [2.75, 3.05) is 6.61 Å². The number of ether oxygens (including phenoxy) is 1. The molecule has 1 aliphatic heterocycles. The van der Waals surface area contributed by atoms with Crippen molar-refractivity contribution in [3.63, 3.8) is 0 Å². The third-order valence-corrected chi connectivity index (χ3v) is 3.21. The highest BCUT2D eigenvalue weighted by Gasteiger charge is 2.16. The molecule has 0 aromatic rings. The molecule has 5 nitrogen and oxygen atoms in total. The summed E-state index contributed by atoms with van der Waals surface area (Å²) in [5, 5.41) is 0. The van der Waals surface area contributed by atoms with Gasteiger partial charge in [0.15, 0.2) is 0 Å². The smallest absolute Gasteiger partial charge is 0.322 e. The normalized spacial score (nSPS) is 21.9. The Balaban J connectivity index is 2.24. The highest BCUT2D eigenvalue weighted by Crippen LogP contribution is 2.17. The lowest BCUT2D eigenvalue weighted by molar-refractivity contribution is -0.144. The summed E-state index contributed by atoms with van der Waals surface area (Å²) in [5.74, 6) is 0.466. The molecule has 0 saturated heterocycles. The van der Waals surface area contributed by atoms with Gasteiger partial charge in [0.1, 0.15) is 6.04 Å². The molecule has 0 saturated carbocycles. The van der Waals surface area contributed by atoms with Crippen LogP contribution in [-0.4, -0.2) is 30.5 Å². The van der Waals surface area contributed by atoms with Gasteiger partial charge in [-0.15, -0.1) is 0 Å². The number of carbonyl (C=O) groups is 1. The van der Waals surface area contributed by atoms with E-state index in [1.54, 1.807) is 6.92 Å². The van der Waals surface area contributed by atoms with Crippen molar-refractivity contribution in [2.45, 2.75) is 64.0 Å². The van der Waals surface area contributed by atoms with Gasteiger partial charge in [0, 0.05) is 6.42 Å². The van der Waals surface area contributed by atoms with E-state index in [-0.39, 0.29) is 5.97 Å². The van der Waals surface area contributed by atoms with Crippen LogP contribution in [0.25, 0.3) is 0 Å². The quantitative estimate of drug-likeness (QED) is 0.701. The predicted molar refractivity (Wildman–Crippen MR) is 72.3 cm³/mol. The van der Waals surface area contributed by atoms with Crippen LogP contribution in [0.1, 0.15) is 51.9 Å². The van der Waals surface area contributed by atoms with E-state index in [2.05, 4.69) is 4.99 Å². The van der Waals surface area contributed by atoms with Gasteiger partial charge in [-0.25, -0.2) is 0 Å². The molecule has 0 fully saturated rings. The number of esters is 1. The van der Waals surface area contributed by atoms with E-state index in [0.29, 0.717) is 19.1 Å². The third kappa shape index (κ3) is 5.49. The molecule has 1 heterocycles. The van der Waals surface area contributed by atoms with Crippen molar-refractivity contribution in [1.29, 1.82) is 0 Å². The van der Waals surface area contributed by atoms with Crippen LogP contribution in [0.2, 0.25) is 0 Å². The minimum atomic E-state index is -0.503. The Labute approximate surface area is 109 Å². The highest BCUT2D eigenvalue weighted by molar-refractivity contribution is 5.80. The SMILES string of the molecule is CCOC(=O)C(N)CCCC1CCCCC(N)=N1. The molecule has 0 aliphatic carbocycles. The van der Waals surface area contributed by atoms with Gasteiger partial charge < -0.3 is 16.2 Å². The first-order valence-electron chi connectivity index (χ1n) is 6.87. The Morgan fingerprint density at radius 1 is 1.56 bits per heavy atom. The van der Waals surface area contributed by atoms with E-state index >= 15 is 0 Å². The minimum absolute atomic E-state index is 0.304. The standard InChI is InChI=1S/C13H25N3O2/c1-2-18-13(17)11(14)8-5-7-10-6-3-4-9-12(15)16-10/h10-11H,2-9,14H2,1H3,(H2,15,16). The van der Waals surface area contributed by atoms with Crippen molar-refractivity contribution in [1.82, 2.24) is 0 Å². The summed E-state index contributed by atoms with van der Waals surface area (Å²) in [4.78, 5) is 15.8. The molecule has 0 radical (unpaired) electrons. The van der Waals surface area contributed by atoms with E-state index in [0.717, 1.165) is 37.9 Å². The number of nitrogens with two attached hydrogens (primary N) is 2. The molecule has 1 aliphatic rings. The molecule has 2 unspecified atom stereocenters. The first-order valence-corrected chi connectivity index (χ1v) is 6.87. The molecule has 0 aromatic carbocycles. The van der Waals surface area contributed by atoms with Gasteiger partial charge >= 0.3 is 5.97 Å². The second-order valence-corrected chi connectivity index (χ2v) is 4.81. The van der Waals surface area contributed by atoms with Crippen LogP contribution in [0, 0.1) is 0 Å². The fraction of sp³-hybridized carbons (Fsp3) is 0.846. The Morgan fingerprint density at radius 2 is 2.33 bits per heavy atom. The van der Waals surface area contributed by atoms with Crippen LogP contribution in [0.4, 0.5) is 0 Å². The zero-order valence-electron chi connectivity index (χ0n) is 11.2. The van der Waals surface area contributed by atoms with Gasteiger partial charge in [-0.1, -0.05) is 6.42 Å². The van der Waals surface area contributed by atoms with E-state index in [4.69, 9.17) is 16.2 Å². The maximum Gasteiger partial charge on any atom is 0.322 e. The molecule has 0 amide bonds. The van der Waals surface area contributed by atoms with Gasteiger partial charge in [-0.05, 0) is 39.0 Å². The van der Waals surface area contributed by atoms with E-state index in [1.165, 1.54) is 6.42 Å². The first kappa shape index (κ1) is 15.0. The summed E-state index contributed by atoms with van der Waals surface area (Å²) in [6.45, 7) is 2.17. The average Bonchev–Trinajstić information content (AvgIpc) is 2.54. The lowest BCUT2D eigenvalue weighted by Gasteiger charge is -2.13. The van der Waals surface area contributed by atoms with E-state index < -0.39 is 6.04 Å². The monoisotopic (exact) mass is 255 g/mol. The molecule has 0 spiro atoms. The van der Waals surface area contributed by atoms with Crippen molar-refractivity contribution < 1.29 is 9.53 Å². The van der Waals surface area contributed by atoms with Crippen LogP contribution in [0.15, 0.2) is 4.99 Å². The van der Waals surface area contributed by atoms with Crippen molar-refractivity contribution in [3.8, 4) is 0 Å². The van der Waals surface area contributed by atoms with E-state index in [9.17, 15) is 4.79 Å². The third-order valence-electron chi connectivity index (χ3n) is 3.21. The Morgan fingerprint density at radius 3 is 3.06 bits per heavy atom. The Bertz CT molecular complexity index is 292. The van der Waals surface area contributed by atoms with Crippen molar-refractivity contribution in [3.05, 3.63) is 0 Å². The number of amidine groups is 1. The molecule has 1 rings (SSSR count). The van der Waals surface area contributed by atoms with Gasteiger partial charge in [0.25, 0.3) is 0 Å². The van der Waals surface area contributed by atoms with Crippen LogP contribution in [-0.2, 0) is 9.53 Å². The summed E-state index contributed by atoms with van der Waals surface area (Å²) in [6, 6.07) is -0.195. The number of aliphatic imine (C=N–C) groups is 1. The topological polar surface area (TPSA) is 90.7 Å².